The average molecular weight is 277 g/mol. The highest BCUT2D eigenvalue weighted by Gasteiger charge is 2.16. The zero-order valence-corrected chi connectivity index (χ0v) is 12.7. The van der Waals surface area contributed by atoms with E-state index in [-0.39, 0.29) is 23.7 Å². The van der Waals surface area contributed by atoms with Crippen LogP contribution in [0.1, 0.15) is 34.1 Å². The fourth-order valence-electron chi connectivity index (χ4n) is 1.12. The highest BCUT2D eigenvalue weighted by molar-refractivity contribution is 8.76. The van der Waals surface area contributed by atoms with Crippen molar-refractivity contribution in [3.63, 3.8) is 0 Å². The number of carbonyl (C=O) groups is 2. The summed E-state index contributed by atoms with van der Waals surface area (Å²) >= 11 is 0. The normalized spacial score (nSPS) is 13.1. The van der Waals surface area contributed by atoms with Gasteiger partial charge in [0.05, 0.1) is 6.04 Å². The molecule has 0 aliphatic rings. The van der Waals surface area contributed by atoms with E-state index in [2.05, 4.69) is 0 Å². The third kappa shape index (κ3) is 7.84. The lowest BCUT2D eigenvalue weighted by Crippen LogP contribution is -2.35. The lowest BCUT2D eigenvalue weighted by atomic mass is 10.0. The van der Waals surface area contributed by atoms with Gasteiger partial charge in [-0.3, -0.25) is 9.59 Å². The van der Waals surface area contributed by atoms with E-state index >= 15 is 0 Å². The van der Waals surface area contributed by atoms with E-state index in [9.17, 15) is 9.59 Å². The average Bonchev–Trinajstić information content (AvgIpc) is 2.26. The molecule has 2 N–H and O–H groups in total. The van der Waals surface area contributed by atoms with E-state index in [1.54, 1.807) is 21.6 Å². The van der Waals surface area contributed by atoms with Gasteiger partial charge < -0.3 is 5.73 Å². The van der Waals surface area contributed by atoms with Gasteiger partial charge in [-0.25, -0.2) is 0 Å². The molecule has 0 fully saturated rings. The van der Waals surface area contributed by atoms with E-state index in [0.29, 0.717) is 18.0 Å². The third-order valence-corrected chi connectivity index (χ3v) is 4.78. The Hall–Kier alpha value is -0.0000000000000000555. The van der Waals surface area contributed by atoms with Crippen LogP contribution in [0.15, 0.2) is 0 Å². The van der Waals surface area contributed by atoms with Crippen LogP contribution >= 0.6 is 21.6 Å². The summed E-state index contributed by atoms with van der Waals surface area (Å²) in [5.74, 6) is 1.93. The zero-order chi connectivity index (χ0) is 13.4. The van der Waals surface area contributed by atoms with Gasteiger partial charge in [0.15, 0.2) is 5.78 Å². The molecular weight excluding hydrogens is 254 g/mol. The molecule has 0 heterocycles. The topological polar surface area (TPSA) is 60.2 Å². The van der Waals surface area contributed by atoms with Crippen molar-refractivity contribution in [2.75, 3.05) is 11.5 Å². The van der Waals surface area contributed by atoms with Gasteiger partial charge in [-0.1, -0.05) is 49.3 Å². The molecule has 0 aromatic carbocycles. The Balaban J connectivity index is 3.59. The van der Waals surface area contributed by atoms with Crippen molar-refractivity contribution >= 4 is 33.2 Å². The molecule has 0 rings (SSSR count). The minimum Gasteiger partial charge on any atom is -0.321 e. The molecule has 17 heavy (non-hydrogen) atoms. The van der Waals surface area contributed by atoms with E-state index < -0.39 is 0 Å². The Bertz CT molecular complexity index is 255. The molecule has 5 heteroatoms. The SMILES string of the molecule is CC(C)C(=O)CCSSCC(N)C(=O)C(C)C. The van der Waals surface area contributed by atoms with Gasteiger partial charge in [0, 0.05) is 29.8 Å². The van der Waals surface area contributed by atoms with E-state index in [1.807, 2.05) is 27.7 Å². The molecule has 0 saturated heterocycles. The molecule has 0 amide bonds. The molecule has 3 nitrogen and oxygen atoms in total. The van der Waals surface area contributed by atoms with Crippen molar-refractivity contribution in [1.82, 2.24) is 0 Å². The molecule has 1 unspecified atom stereocenters. The Morgan fingerprint density at radius 3 is 2.12 bits per heavy atom. The molecule has 0 bridgehead atoms. The maximum atomic E-state index is 11.5. The monoisotopic (exact) mass is 277 g/mol. The lowest BCUT2D eigenvalue weighted by molar-refractivity contribution is -0.123. The largest absolute Gasteiger partial charge is 0.321 e. The summed E-state index contributed by atoms with van der Waals surface area (Å²) in [6.07, 6.45) is 0.600. The maximum Gasteiger partial charge on any atom is 0.152 e. The first-order valence-electron chi connectivity index (χ1n) is 5.92. The van der Waals surface area contributed by atoms with E-state index in [4.69, 9.17) is 5.73 Å². The number of hydrogen-bond acceptors (Lipinski definition) is 5. The molecule has 0 aliphatic carbocycles. The number of rotatable bonds is 9. The fourth-order valence-corrected chi connectivity index (χ4v) is 3.26. The van der Waals surface area contributed by atoms with Crippen LogP contribution in [-0.2, 0) is 9.59 Å². The first-order chi connectivity index (χ1) is 7.86. The smallest absolute Gasteiger partial charge is 0.152 e. The van der Waals surface area contributed by atoms with Crippen molar-refractivity contribution in [3.05, 3.63) is 0 Å². The van der Waals surface area contributed by atoms with Crippen molar-refractivity contribution in [2.24, 2.45) is 17.6 Å². The summed E-state index contributed by atoms with van der Waals surface area (Å²) in [7, 11) is 3.20. The highest BCUT2D eigenvalue weighted by atomic mass is 33.1. The number of nitrogens with two attached hydrogens (primary N) is 1. The molecule has 1 atom stereocenters. The Labute approximate surface area is 112 Å². The van der Waals surface area contributed by atoms with Crippen molar-refractivity contribution < 1.29 is 9.59 Å². The molecule has 0 aromatic rings. The summed E-state index contributed by atoms with van der Waals surface area (Å²) in [5.41, 5.74) is 5.76. The quantitative estimate of drug-likeness (QED) is 0.518. The van der Waals surface area contributed by atoms with Crippen LogP contribution in [0, 0.1) is 11.8 Å². The van der Waals surface area contributed by atoms with Crippen molar-refractivity contribution in [1.29, 1.82) is 0 Å². The van der Waals surface area contributed by atoms with Gasteiger partial charge in [-0.05, 0) is 0 Å². The van der Waals surface area contributed by atoms with Crippen LogP contribution in [0.2, 0.25) is 0 Å². The van der Waals surface area contributed by atoms with Crippen LogP contribution in [0.4, 0.5) is 0 Å². The molecule has 0 radical (unpaired) electrons. The van der Waals surface area contributed by atoms with Crippen LogP contribution in [0.5, 0.6) is 0 Å². The molecule has 0 aliphatic heterocycles. The molecule has 100 valence electrons. The predicted molar refractivity (Wildman–Crippen MR) is 77.2 cm³/mol. The number of Topliss-reactive ketones (excluding diaryl/α,β-unsaturated/α-hetero) is 2. The Kier molecular flexibility index (Phi) is 9.00. The van der Waals surface area contributed by atoms with Crippen LogP contribution < -0.4 is 5.73 Å². The van der Waals surface area contributed by atoms with Gasteiger partial charge in [0.2, 0.25) is 0 Å². The second kappa shape index (κ2) is 9.00. The van der Waals surface area contributed by atoms with E-state index in [1.165, 1.54) is 0 Å². The molecule has 0 aromatic heterocycles. The zero-order valence-electron chi connectivity index (χ0n) is 11.1. The summed E-state index contributed by atoms with van der Waals surface area (Å²) in [6.45, 7) is 7.55. The van der Waals surface area contributed by atoms with E-state index in [0.717, 1.165) is 5.75 Å². The minimum atomic E-state index is -0.381. The van der Waals surface area contributed by atoms with Gasteiger partial charge >= 0.3 is 0 Å². The van der Waals surface area contributed by atoms with Crippen LogP contribution in [0.3, 0.4) is 0 Å². The third-order valence-electron chi connectivity index (χ3n) is 2.34. The standard InChI is InChI=1S/C12H23NO2S2/c1-8(2)11(14)5-6-16-17-7-10(13)12(15)9(3)4/h8-10H,5-7,13H2,1-4H3. The summed E-state index contributed by atoms with van der Waals surface area (Å²) in [5, 5.41) is 0. The number of carbonyl (C=O) groups excluding carboxylic acids is 2. The maximum absolute atomic E-state index is 11.5. The van der Waals surface area contributed by atoms with Gasteiger partial charge in [-0.2, -0.15) is 0 Å². The summed E-state index contributed by atoms with van der Waals surface area (Å²) in [4.78, 5) is 22.8. The Morgan fingerprint density at radius 2 is 1.65 bits per heavy atom. The minimum absolute atomic E-state index is 0.00174. The summed E-state index contributed by atoms with van der Waals surface area (Å²) in [6, 6.07) is -0.381. The van der Waals surface area contributed by atoms with Crippen LogP contribution in [0.25, 0.3) is 0 Å². The first kappa shape index (κ1) is 17.0. The van der Waals surface area contributed by atoms with Crippen molar-refractivity contribution in [3.8, 4) is 0 Å². The fraction of sp³-hybridized carbons (Fsp3) is 0.833. The van der Waals surface area contributed by atoms with Gasteiger partial charge in [-0.15, -0.1) is 0 Å². The van der Waals surface area contributed by atoms with Crippen LogP contribution in [-0.4, -0.2) is 29.1 Å². The van der Waals surface area contributed by atoms with Gasteiger partial charge in [0.1, 0.15) is 5.78 Å². The second-order valence-electron chi connectivity index (χ2n) is 4.64. The number of ketones is 2. The second-order valence-corrected chi connectivity index (χ2v) is 7.27. The molecule has 0 saturated carbocycles. The Morgan fingerprint density at radius 1 is 1.06 bits per heavy atom. The molecule has 0 spiro atoms. The van der Waals surface area contributed by atoms with Crippen molar-refractivity contribution in [2.45, 2.75) is 40.2 Å². The predicted octanol–water partition coefficient (Wildman–Crippen LogP) is 2.54. The first-order valence-corrected chi connectivity index (χ1v) is 8.41. The number of hydrogen-bond donors (Lipinski definition) is 1. The molecular formula is C12H23NO2S2. The van der Waals surface area contributed by atoms with Gasteiger partial charge in [0.25, 0.3) is 0 Å². The summed E-state index contributed by atoms with van der Waals surface area (Å²) < 4.78 is 0. The lowest BCUT2D eigenvalue weighted by Gasteiger charge is -2.12. The highest BCUT2D eigenvalue weighted by Crippen LogP contribution is 2.23.